The zero-order chi connectivity index (χ0) is 35.6. The molecule has 50 heavy (non-hydrogen) atoms. The number of pyridine rings is 1. The Hall–Kier alpha value is -4.76. The van der Waals surface area contributed by atoms with Gasteiger partial charge in [-0.05, 0) is 53.6 Å². The first-order valence-corrected chi connectivity index (χ1v) is 17.3. The molecule has 3 aromatic carbocycles. The van der Waals surface area contributed by atoms with Gasteiger partial charge in [0.1, 0.15) is 28.8 Å². The standard InChI is InChI=1S/C35H33ClF2N4O7S/c1-47-25-7-3-22(4-8-25)19-41(20-23-5-9-26(48-2)10-6-23)50(45,46)28-17-29(37)33(30(38)18-28)34-31(42-12-11-24(36)15-32(42)39-34)16-27-21-40(35(43)44)13-14-49-27/h3-12,15,17-18,27H,13-14,16,19-21H2,1-2H3,(H,43,44). The lowest BCUT2D eigenvalue weighted by atomic mass is 10.0. The maximum Gasteiger partial charge on any atom is 0.407 e. The van der Waals surface area contributed by atoms with Crippen LogP contribution >= 0.6 is 11.6 Å². The molecule has 1 saturated heterocycles. The van der Waals surface area contributed by atoms with Gasteiger partial charge < -0.3 is 28.6 Å². The predicted octanol–water partition coefficient (Wildman–Crippen LogP) is 6.26. The van der Waals surface area contributed by atoms with E-state index < -0.39 is 44.3 Å². The number of morpholine rings is 1. The number of benzene rings is 3. The van der Waals surface area contributed by atoms with Crippen molar-refractivity contribution in [2.75, 3.05) is 33.9 Å². The van der Waals surface area contributed by atoms with Crippen molar-refractivity contribution >= 4 is 33.4 Å². The number of ether oxygens (including phenoxy) is 3. The Bertz CT molecular complexity index is 2060. The van der Waals surface area contributed by atoms with E-state index in [2.05, 4.69) is 4.98 Å². The van der Waals surface area contributed by atoms with Crippen LogP contribution in [0.25, 0.3) is 16.9 Å². The summed E-state index contributed by atoms with van der Waals surface area (Å²) in [6.45, 7) is 0.170. The summed E-state index contributed by atoms with van der Waals surface area (Å²) in [6, 6.07) is 18.3. The van der Waals surface area contributed by atoms with Crippen LogP contribution in [0.4, 0.5) is 13.6 Å². The normalized spacial score (nSPS) is 15.1. The maximum atomic E-state index is 16.2. The van der Waals surface area contributed by atoms with Crippen LogP contribution in [-0.4, -0.2) is 78.2 Å². The van der Waals surface area contributed by atoms with Crippen molar-refractivity contribution in [3.8, 4) is 22.8 Å². The molecule has 1 aliphatic heterocycles. The van der Waals surface area contributed by atoms with Crippen LogP contribution in [0.5, 0.6) is 11.5 Å². The molecule has 0 saturated carbocycles. The smallest absolute Gasteiger partial charge is 0.407 e. The molecule has 3 heterocycles. The zero-order valence-electron chi connectivity index (χ0n) is 27.1. The fourth-order valence-electron chi connectivity index (χ4n) is 5.87. The van der Waals surface area contributed by atoms with E-state index in [-0.39, 0.29) is 50.5 Å². The summed E-state index contributed by atoms with van der Waals surface area (Å²) in [5, 5.41) is 9.84. The van der Waals surface area contributed by atoms with E-state index in [0.29, 0.717) is 33.3 Å². The first-order chi connectivity index (χ1) is 24.0. The first kappa shape index (κ1) is 35.1. The van der Waals surface area contributed by atoms with Gasteiger partial charge in [0.25, 0.3) is 0 Å². The highest BCUT2D eigenvalue weighted by atomic mass is 35.5. The molecule has 262 valence electrons. The molecule has 0 spiro atoms. The van der Waals surface area contributed by atoms with Crippen molar-refractivity contribution < 1.29 is 41.3 Å². The molecule has 1 unspecified atom stereocenters. The van der Waals surface area contributed by atoms with Gasteiger partial charge in [-0.25, -0.2) is 27.0 Å². The molecule has 11 nitrogen and oxygen atoms in total. The number of nitrogens with zero attached hydrogens (tertiary/aromatic N) is 4. The molecule has 1 amide bonds. The molecule has 2 aromatic heterocycles. The molecule has 1 N–H and O–H groups in total. The van der Waals surface area contributed by atoms with Gasteiger partial charge in [0.05, 0.1) is 55.3 Å². The number of rotatable bonds is 11. The number of halogens is 3. The molecular weight excluding hydrogens is 694 g/mol. The van der Waals surface area contributed by atoms with E-state index in [1.165, 1.54) is 25.2 Å². The number of sulfonamides is 1. The Morgan fingerprint density at radius 1 is 0.980 bits per heavy atom. The lowest BCUT2D eigenvalue weighted by Gasteiger charge is -2.31. The Morgan fingerprint density at radius 2 is 1.56 bits per heavy atom. The van der Waals surface area contributed by atoms with Crippen molar-refractivity contribution in [1.29, 1.82) is 0 Å². The van der Waals surface area contributed by atoms with Crippen LogP contribution in [-0.2, 0) is 34.3 Å². The number of hydrogen-bond donors (Lipinski definition) is 1. The lowest BCUT2D eigenvalue weighted by Crippen LogP contribution is -2.45. The fourth-order valence-corrected chi connectivity index (χ4v) is 7.46. The minimum atomic E-state index is -4.48. The summed E-state index contributed by atoms with van der Waals surface area (Å²) < 4.78 is 79.7. The molecule has 0 radical (unpaired) electrons. The lowest BCUT2D eigenvalue weighted by molar-refractivity contribution is -0.0214. The second-order valence-electron chi connectivity index (χ2n) is 11.6. The number of carboxylic acid groups (broad SMARTS) is 1. The number of hydrogen-bond acceptors (Lipinski definition) is 7. The van der Waals surface area contributed by atoms with Crippen LogP contribution in [0.2, 0.25) is 5.02 Å². The van der Waals surface area contributed by atoms with Crippen LogP contribution < -0.4 is 9.47 Å². The Kier molecular flexibility index (Phi) is 10.3. The molecule has 6 rings (SSSR count). The van der Waals surface area contributed by atoms with E-state index in [1.807, 2.05) is 0 Å². The Morgan fingerprint density at radius 3 is 2.10 bits per heavy atom. The van der Waals surface area contributed by atoms with Crippen molar-refractivity contribution in [1.82, 2.24) is 18.6 Å². The van der Waals surface area contributed by atoms with Crippen molar-refractivity contribution in [2.45, 2.75) is 30.5 Å². The van der Waals surface area contributed by atoms with Crippen LogP contribution in [0.1, 0.15) is 16.8 Å². The number of carbonyl (C=O) groups is 1. The number of methoxy groups -OCH3 is 2. The third-order valence-electron chi connectivity index (χ3n) is 8.44. The Labute approximate surface area is 292 Å². The van der Waals surface area contributed by atoms with Gasteiger partial charge in [-0.15, -0.1) is 0 Å². The number of aromatic nitrogens is 2. The highest BCUT2D eigenvalue weighted by Crippen LogP contribution is 2.34. The van der Waals surface area contributed by atoms with Crippen molar-refractivity contribution in [2.24, 2.45) is 0 Å². The third-order valence-corrected chi connectivity index (χ3v) is 10.4. The van der Waals surface area contributed by atoms with Gasteiger partial charge in [0.2, 0.25) is 10.0 Å². The number of imidazole rings is 1. The molecule has 1 fully saturated rings. The predicted molar refractivity (Wildman–Crippen MR) is 181 cm³/mol. The van der Waals surface area contributed by atoms with Crippen LogP contribution in [0, 0.1) is 11.6 Å². The highest BCUT2D eigenvalue weighted by molar-refractivity contribution is 7.89. The first-order valence-electron chi connectivity index (χ1n) is 15.5. The number of amides is 1. The summed E-state index contributed by atoms with van der Waals surface area (Å²) in [6.07, 6.45) is -0.0976. The van der Waals surface area contributed by atoms with Gasteiger partial charge in [-0.2, -0.15) is 4.31 Å². The molecule has 0 bridgehead atoms. The van der Waals surface area contributed by atoms with Gasteiger partial charge in [0, 0.05) is 43.3 Å². The second kappa shape index (κ2) is 14.6. The van der Waals surface area contributed by atoms with Crippen LogP contribution in [0.3, 0.4) is 0 Å². The highest BCUT2D eigenvalue weighted by Gasteiger charge is 2.31. The average molecular weight is 727 g/mol. The number of fused-ring (bicyclic) bond motifs is 1. The largest absolute Gasteiger partial charge is 0.497 e. The van der Waals surface area contributed by atoms with Gasteiger partial charge in [-0.3, -0.25) is 0 Å². The van der Waals surface area contributed by atoms with E-state index in [4.69, 9.17) is 25.8 Å². The van der Waals surface area contributed by atoms with Crippen molar-refractivity contribution in [3.63, 3.8) is 0 Å². The molecule has 1 atom stereocenters. The van der Waals surface area contributed by atoms with E-state index in [9.17, 15) is 18.3 Å². The minimum Gasteiger partial charge on any atom is -0.497 e. The summed E-state index contributed by atoms with van der Waals surface area (Å²) >= 11 is 6.20. The summed E-state index contributed by atoms with van der Waals surface area (Å²) in [7, 11) is -1.45. The van der Waals surface area contributed by atoms with E-state index in [0.717, 1.165) is 16.4 Å². The second-order valence-corrected chi connectivity index (χ2v) is 14.0. The zero-order valence-corrected chi connectivity index (χ0v) is 28.6. The van der Waals surface area contributed by atoms with Crippen LogP contribution in [0.15, 0.2) is 83.9 Å². The van der Waals surface area contributed by atoms with Gasteiger partial charge >= 0.3 is 6.09 Å². The summed E-state index contributed by atoms with van der Waals surface area (Å²) in [5.74, 6) is -1.13. The van der Waals surface area contributed by atoms with E-state index in [1.54, 1.807) is 65.2 Å². The fraction of sp³-hybridized carbons (Fsp3) is 0.257. The Balaban J connectivity index is 1.39. The monoisotopic (exact) mass is 726 g/mol. The SMILES string of the molecule is COc1ccc(CN(Cc2ccc(OC)cc2)S(=O)(=O)c2cc(F)c(-c3nc4cc(Cl)ccn4c3CC3CN(C(=O)O)CCO3)c(F)c2)cc1. The topological polar surface area (TPSA) is 123 Å². The maximum absolute atomic E-state index is 16.2. The molecule has 15 heteroatoms. The van der Waals surface area contributed by atoms with Gasteiger partial charge in [0.15, 0.2) is 0 Å². The molecule has 5 aromatic rings. The van der Waals surface area contributed by atoms with Crippen molar-refractivity contribution in [3.05, 3.63) is 112 Å². The molecule has 1 aliphatic rings. The van der Waals surface area contributed by atoms with Gasteiger partial charge in [-0.1, -0.05) is 35.9 Å². The minimum absolute atomic E-state index is 0.0377. The average Bonchev–Trinajstić information content (AvgIpc) is 3.44. The third kappa shape index (κ3) is 7.38. The summed E-state index contributed by atoms with van der Waals surface area (Å²) in [4.78, 5) is 16.7. The quantitative estimate of drug-likeness (QED) is 0.169. The molecular formula is C35H33ClF2N4O7S. The van der Waals surface area contributed by atoms with E-state index >= 15 is 8.78 Å². The molecule has 0 aliphatic carbocycles. The summed E-state index contributed by atoms with van der Waals surface area (Å²) in [5.41, 5.74) is 1.24.